The molecule has 0 aromatic heterocycles. The molecule has 20 heteroatoms. The Morgan fingerprint density at radius 3 is 1.93 bits per heavy atom. The van der Waals surface area contributed by atoms with Crippen molar-refractivity contribution in [3.8, 4) is 16.9 Å². The molecule has 3 aromatic carbocycles. The zero-order valence-corrected chi connectivity index (χ0v) is 38.2. The Bertz CT molecular complexity index is 2210. The van der Waals surface area contributed by atoms with E-state index < -0.39 is 41.7 Å². The summed E-state index contributed by atoms with van der Waals surface area (Å²) in [6, 6.07) is 16.8. The first-order valence-corrected chi connectivity index (χ1v) is 22.5. The number of nitrogens with one attached hydrogen (secondary N) is 1. The third kappa shape index (κ3) is 17.0. The molecule has 2 aliphatic rings. The summed E-state index contributed by atoms with van der Waals surface area (Å²) in [5.41, 5.74) is 2.67. The predicted octanol–water partition coefficient (Wildman–Crippen LogP) is 4.23. The average Bonchev–Trinajstić information content (AvgIpc) is 3.30. The van der Waals surface area contributed by atoms with Gasteiger partial charge in [0, 0.05) is 57.9 Å². The fraction of sp³-hybridized carbons (Fsp3) is 0.479. The second-order valence-electron chi connectivity index (χ2n) is 16.9. The molecule has 1 amide bonds. The quantitative estimate of drug-likeness (QED) is 0.0747. The van der Waals surface area contributed by atoms with Gasteiger partial charge in [0.15, 0.2) is 0 Å². The van der Waals surface area contributed by atoms with Crippen LogP contribution in [0.4, 0.5) is 13.2 Å². The number of likely N-dealkylation sites (tertiary alicyclic amines) is 1. The Labute approximate surface area is 393 Å². The van der Waals surface area contributed by atoms with Gasteiger partial charge in [-0.2, -0.15) is 13.2 Å². The maximum absolute atomic E-state index is 14.8. The molecule has 0 unspecified atom stereocenters. The molecule has 2 aliphatic heterocycles. The van der Waals surface area contributed by atoms with Gasteiger partial charge in [-0.05, 0) is 66.3 Å². The lowest BCUT2D eigenvalue weighted by Crippen LogP contribution is -2.47. The van der Waals surface area contributed by atoms with Crippen molar-refractivity contribution >= 4 is 41.9 Å². The number of carbonyl (C=O) groups excluding carboxylic acids is 1. The smallest absolute Gasteiger partial charge is 0.417 e. The molecule has 2 fully saturated rings. The van der Waals surface area contributed by atoms with Crippen molar-refractivity contribution in [2.75, 3.05) is 105 Å². The van der Waals surface area contributed by atoms with Crippen molar-refractivity contribution in [1.29, 1.82) is 0 Å². The number of carbonyl (C=O) groups is 5. The number of hydrogen-bond acceptors (Lipinski definition) is 12. The van der Waals surface area contributed by atoms with Gasteiger partial charge in [-0.15, -0.1) is 0 Å². The van der Waals surface area contributed by atoms with Crippen LogP contribution < -0.4 is 10.1 Å². The van der Waals surface area contributed by atoms with Crippen molar-refractivity contribution in [3.05, 3.63) is 88.5 Å². The van der Waals surface area contributed by atoms with Crippen LogP contribution in [-0.2, 0) is 41.4 Å². The van der Waals surface area contributed by atoms with Crippen LogP contribution in [0.1, 0.15) is 47.1 Å². The van der Waals surface area contributed by atoms with Crippen LogP contribution in [0.15, 0.2) is 60.7 Å². The van der Waals surface area contributed by atoms with Gasteiger partial charge in [-0.25, -0.2) is 0 Å². The summed E-state index contributed by atoms with van der Waals surface area (Å²) >= 11 is 0. The lowest BCUT2D eigenvalue weighted by atomic mass is 9.95. The molecule has 0 spiro atoms. The molecule has 1 atom stereocenters. The maximum Gasteiger partial charge on any atom is 0.417 e. The molecule has 68 heavy (non-hydrogen) atoms. The molecule has 5 rings (SSSR count). The van der Waals surface area contributed by atoms with Gasteiger partial charge in [0.2, 0.25) is 5.91 Å². The van der Waals surface area contributed by atoms with E-state index in [0.29, 0.717) is 25.8 Å². The summed E-state index contributed by atoms with van der Waals surface area (Å²) in [4.78, 5) is 68.1. The van der Waals surface area contributed by atoms with Crippen LogP contribution in [0.25, 0.3) is 23.3 Å². The van der Waals surface area contributed by atoms with Crippen molar-refractivity contribution in [3.63, 3.8) is 0 Å². The van der Waals surface area contributed by atoms with E-state index in [0.717, 1.165) is 28.3 Å². The van der Waals surface area contributed by atoms with Gasteiger partial charge in [-0.3, -0.25) is 48.5 Å². The summed E-state index contributed by atoms with van der Waals surface area (Å²) < 4.78 is 56.2. The first-order chi connectivity index (χ1) is 32.5. The maximum atomic E-state index is 14.8. The molecule has 0 saturated carbocycles. The van der Waals surface area contributed by atoms with Crippen LogP contribution in [0, 0.1) is 6.92 Å². The van der Waals surface area contributed by atoms with Gasteiger partial charge in [-0.1, -0.05) is 67.1 Å². The number of carboxylic acids is 4. The monoisotopic (exact) mass is 954 g/mol. The van der Waals surface area contributed by atoms with Crippen molar-refractivity contribution in [1.82, 2.24) is 29.8 Å². The second kappa shape index (κ2) is 26.0. The third-order valence-electron chi connectivity index (χ3n) is 11.8. The molecule has 17 nitrogen and oxygen atoms in total. The normalized spacial score (nSPS) is 17.7. The summed E-state index contributed by atoms with van der Waals surface area (Å²) in [5, 5.41) is 41.1. The number of carboxylic acid groups (broad SMARTS) is 4. The van der Waals surface area contributed by atoms with Gasteiger partial charge >= 0.3 is 30.1 Å². The Hall–Kier alpha value is -5.90. The van der Waals surface area contributed by atoms with Crippen molar-refractivity contribution in [2.45, 2.75) is 44.9 Å². The van der Waals surface area contributed by atoms with Gasteiger partial charge in [0.1, 0.15) is 18.4 Å². The number of halogens is 3. The SMILES string of the molecule is Cc1c(/C=C/c2cc(OCCOCCNC(=O)CN3CCN(CC(=O)O)CCN(CC(=O)O)CN(CC(=O)O)CC3)c(CN3CCCC[C@H]3C(=O)O)cc2C(F)(F)F)cccc1-c1ccccc1. The van der Waals surface area contributed by atoms with E-state index in [-0.39, 0.29) is 128 Å². The number of rotatable bonds is 21. The number of benzene rings is 3. The molecular formula is C48H61F3N6O11. The first-order valence-electron chi connectivity index (χ1n) is 22.5. The standard InChI is InChI=1S/C48H61F3N6O11/c1-34-35(10-7-11-39(34)36-8-3-2-4-9-36)13-14-37-27-42(38(26-40(37)48(49,50)51)28-57-16-6-5-12-41(57)47(65)66)68-25-24-67-23-15-52-43(58)29-53-17-18-54(30-44(59)60)20-22-56(32-46(63)64)33-55(21-19-53)31-45(61)62/h2-4,7-11,13-14,26-27,41H,5-6,12,15-25,28-33H2,1H3,(H,52,58)(H,59,60)(H,61,62)(H,63,64)(H,65,66)/b14-13+/t41-/m0/s1. The molecule has 2 heterocycles. The van der Waals surface area contributed by atoms with Gasteiger partial charge in [0.25, 0.3) is 0 Å². The van der Waals surface area contributed by atoms with E-state index >= 15 is 0 Å². The van der Waals surface area contributed by atoms with Crippen LogP contribution in [0.3, 0.4) is 0 Å². The topological polar surface area (TPSA) is 213 Å². The third-order valence-corrected chi connectivity index (χ3v) is 11.8. The summed E-state index contributed by atoms with van der Waals surface area (Å²) in [6.45, 7) is 2.46. The number of hydrogen-bond donors (Lipinski definition) is 5. The lowest BCUT2D eigenvalue weighted by molar-refractivity contribution is -0.145. The number of alkyl halides is 3. The van der Waals surface area contributed by atoms with E-state index in [1.165, 1.54) is 17.0 Å². The molecule has 0 bridgehead atoms. The highest BCUT2D eigenvalue weighted by atomic mass is 19.4. The summed E-state index contributed by atoms with van der Waals surface area (Å²) in [5.74, 6) is -4.58. The van der Waals surface area contributed by atoms with E-state index in [2.05, 4.69) is 5.32 Å². The first kappa shape index (κ1) is 53.1. The predicted molar refractivity (Wildman–Crippen MR) is 246 cm³/mol. The van der Waals surface area contributed by atoms with Crippen LogP contribution >= 0.6 is 0 Å². The molecular weight excluding hydrogens is 894 g/mol. The fourth-order valence-electron chi connectivity index (χ4n) is 8.38. The highest BCUT2D eigenvalue weighted by Crippen LogP contribution is 2.38. The van der Waals surface area contributed by atoms with Crippen molar-refractivity contribution in [2.24, 2.45) is 0 Å². The summed E-state index contributed by atoms with van der Waals surface area (Å²) in [7, 11) is 0. The number of amides is 1. The number of nitrogens with zero attached hydrogens (tertiary/aromatic N) is 5. The molecule has 0 aliphatic carbocycles. The minimum absolute atomic E-state index is 0.00170. The Balaban J connectivity index is 1.23. The number of piperidine rings is 1. The minimum Gasteiger partial charge on any atom is -0.491 e. The van der Waals surface area contributed by atoms with Crippen LogP contribution in [0.2, 0.25) is 0 Å². The van der Waals surface area contributed by atoms with Crippen LogP contribution in [0.5, 0.6) is 5.75 Å². The van der Waals surface area contributed by atoms with E-state index in [1.54, 1.807) is 25.7 Å². The number of aliphatic carboxylic acids is 4. The fourth-order valence-corrected chi connectivity index (χ4v) is 8.38. The molecule has 3 aromatic rings. The van der Waals surface area contributed by atoms with E-state index in [9.17, 15) is 57.6 Å². The molecule has 2 saturated heterocycles. The Morgan fingerprint density at radius 1 is 0.706 bits per heavy atom. The van der Waals surface area contributed by atoms with Crippen molar-refractivity contribution < 1.29 is 67.0 Å². The van der Waals surface area contributed by atoms with Crippen LogP contribution in [-0.4, -0.2) is 186 Å². The molecule has 5 N–H and O–H groups in total. The Kier molecular flexibility index (Phi) is 20.3. The lowest BCUT2D eigenvalue weighted by Gasteiger charge is -2.33. The zero-order valence-electron chi connectivity index (χ0n) is 38.2. The van der Waals surface area contributed by atoms with E-state index in [4.69, 9.17) is 9.47 Å². The highest BCUT2D eigenvalue weighted by Gasteiger charge is 2.35. The van der Waals surface area contributed by atoms with E-state index in [1.807, 2.05) is 55.5 Å². The summed E-state index contributed by atoms with van der Waals surface area (Å²) in [6.07, 6.45) is 0.0499. The molecule has 370 valence electrons. The Morgan fingerprint density at radius 2 is 1.31 bits per heavy atom. The minimum atomic E-state index is -4.74. The van der Waals surface area contributed by atoms with Gasteiger partial charge < -0.3 is 35.2 Å². The number of ether oxygens (including phenoxy) is 2. The second-order valence-corrected chi connectivity index (χ2v) is 16.9. The molecule has 0 radical (unpaired) electrons. The average molecular weight is 955 g/mol. The van der Waals surface area contributed by atoms with Gasteiger partial charge in [0.05, 0.1) is 51.6 Å². The zero-order chi connectivity index (χ0) is 49.2. The highest BCUT2D eigenvalue weighted by molar-refractivity contribution is 5.79. The largest absolute Gasteiger partial charge is 0.491 e.